The summed E-state index contributed by atoms with van der Waals surface area (Å²) < 4.78 is 34.1. The van der Waals surface area contributed by atoms with E-state index in [1.807, 2.05) is 0 Å². The molecule has 6 heteroatoms. The first kappa shape index (κ1) is 21.1. The molecule has 0 aromatic rings. The third-order valence-electron chi connectivity index (χ3n) is 2.91. The van der Waals surface area contributed by atoms with Crippen LogP contribution in [0.15, 0.2) is 0 Å². The van der Waals surface area contributed by atoms with Crippen LogP contribution in [0, 0.1) is 5.92 Å². The van der Waals surface area contributed by atoms with Crippen molar-refractivity contribution in [3.05, 3.63) is 0 Å². The number of hydrogen-bond acceptors (Lipinski definition) is 5. The van der Waals surface area contributed by atoms with Crippen LogP contribution in [0.1, 0.15) is 71.6 Å². The van der Waals surface area contributed by atoms with E-state index in [0.717, 1.165) is 12.3 Å². The molecule has 0 aromatic carbocycles. The van der Waals surface area contributed by atoms with E-state index in [1.54, 1.807) is 0 Å². The fourth-order valence-electron chi connectivity index (χ4n) is 1.85. The molecule has 5 nitrogen and oxygen atoms in total. The van der Waals surface area contributed by atoms with E-state index in [9.17, 15) is 0 Å². The van der Waals surface area contributed by atoms with Crippen LogP contribution in [0.2, 0.25) is 0 Å². The van der Waals surface area contributed by atoms with E-state index in [2.05, 4.69) is 13.8 Å². The van der Waals surface area contributed by atoms with Crippen LogP contribution in [-0.2, 0) is 10.4 Å². The van der Waals surface area contributed by atoms with Crippen LogP contribution in [0.25, 0.3) is 0 Å². The Balaban J connectivity index is 0. The second-order valence-electron chi connectivity index (χ2n) is 4.94. The van der Waals surface area contributed by atoms with Crippen LogP contribution in [-0.4, -0.2) is 29.2 Å². The van der Waals surface area contributed by atoms with Gasteiger partial charge in [-0.1, -0.05) is 65.2 Å². The first-order valence-corrected chi connectivity index (χ1v) is 8.42. The average molecular weight is 296 g/mol. The maximum Gasteiger partial charge on any atom is 0.0431 e. The minimum absolute atomic E-state index is 0.367. The summed E-state index contributed by atoms with van der Waals surface area (Å²) in [5, 5.41) is 8.62. The summed E-state index contributed by atoms with van der Waals surface area (Å²) in [6.45, 7) is 5.01. The normalized spacial score (nSPS) is 12.7. The van der Waals surface area contributed by atoms with Gasteiger partial charge in [0.25, 0.3) is 0 Å². The molecule has 0 aromatic heterocycles. The van der Waals surface area contributed by atoms with E-state index in [-0.39, 0.29) is 0 Å². The van der Waals surface area contributed by atoms with Crippen LogP contribution >= 0.6 is 0 Å². The smallest absolute Gasteiger partial charge is 0.0431 e. The molecule has 19 heavy (non-hydrogen) atoms. The van der Waals surface area contributed by atoms with Gasteiger partial charge in [0.15, 0.2) is 0 Å². The number of rotatable bonds is 10. The van der Waals surface area contributed by atoms with Gasteiger partial charge in [-0.15, -0.1) is 0 Å². The molecule has 0 bridgehead atoms. The SMILES string of the molecule is CCCCCC(C)CCCCCCO.O=S(=O)([O-])[O-]. The van der Waals surface area contributed by atoms with Crippen molar-refractivity contribution in [2.24, 2.45) is 5.92 Å². The molecule has 0 aliphatic carbocycles. The molecule has 0 saturated heterocycles. The van der Waals surface area contributed by atoms with Gasteiger partial charge in [-0.05, 0) is 12.3 Å². The summed E-state index contributed by atoms with van der Waals surface area (Å²) >= 11 is 0. The van der Waals surface area contributed by atoms with Gasteiger partial charge in [0.1, 0.15) is 0 Å². The molecule has 0 saturated carbocycles. The van der Waals surface area contributed by atoms with Crippen molar-refractivity contribution < 1.29 is 22.6 Å². The first-order chi connectivity index (χ1) is 8.81. The Hall–Kier alpha value is -0.170. The molecule has 118 valence electrons. The van der Waals surface area contributed by atoms with Crippen molar-refractivity contribution >= 4 is 10.4 Å². The highest BCUT2D eigenvalue weighted by atomic mass is 32.3. The molecule has 0 aliphatic heterocycles. The standard InChI is InChI=1S/C13H28O.H2O4S/c1-3-4-7-10-13(2)11-8-5-6-9-12-14;1-5(2,3)4/h13-14H,3-12H2,1-2H3;(H2,1,2,3,4)/p-2. The third kappa shape index (κ3) is 31.9. The lowest BCUT2D eigenvalue weighted by atomic mass is 9.97. The Bertz CT molecular complexity index is 256. The van der Waals surface area contributed by atoms with Crippen LogP contribution < -0.4 is 0 Å². The van der Waals surface area contributed by atoms with E-state index < -0.39 is 10.4 Å². The van der Waals surface area contributed by atoms with Crippen molar-refractivity contribution in [1.29, 1.82) is 0 Å². The summed E-state index contributed by atoms with van der Waals surface area (Å²) in [6, 6.07) is 0. The molecule has 0 amide bonds. The van der Waals surface area contributed by atoms with Crippen molar-refractivity contribution in [3.8, 4) is 0 Å². The molecule has 0 aliphatic rings. The van der Waals surface area contributed by atoms with E-state index >= 15 is 0 Å². The minimum atomic E-state index is -5.17. The van der Waals surface area contributed by atoms with Crippen molar-refractivity contribution in [2.75, 3.05) is 6.61 Å². The van der Waals surface area contributed by atoms with Gasteiger partial charge >= 0.3 is 0 Å². The summed E-state index contributed by atoms with van der Waals surface area (Å²) in [4.78, 5) is 0. The number of aliphatic hydroxyl groups is 1. The van der Waals surface area contributed by atoms with Gasteiger partial charge in [-0.3, -0.25) is 8.42 Å². The van der Waals surface area contributed by atoms with Gasteiger partial charge < -0.3 is 14.2 Å². The molecule has 1 unspecified atom stereocenters. The highest BCUT2D eigenvalue weighted by Gasteiger charge is 2.01. The molecule has 0 fully saturated rings. The summed E-state index contributed by atoms with van der Waals surface area (Å²) in [5.41, 5.74) is 0. The Morgan fingerprint density at radius 3 is 1.79 bits per heavy atom. The number of hydrogen-bond donors (Lipinski definition) is 1. The Morgan fingerprint density at radius 2 is 1.37 bits per heavy atom. The number of unbranched alkanes of at least 4 members (excludes halogenated alkanes) is 5. The lowest BCUT2D eigenvalue weighted by Crippen LogP contribution is -1.95. The highest BCUT2D eigenvalue weighted by Crippen LogP contribution is 2.16. The van der Waals surface area contributed by atoms with Crippen LogP contribution in [0.5, 0.6) is 0 Å². The van der Waals surface area contributed by atoms with Gasteiger partial charge in [-0.2, -0.15) is 0 Å². The van der Waals surface area contributed by atoms with Crippen LogP contribution in [0.3, 0.4) is 0 Å². The molecule has 1 N–H and O–H groups in total. The van der Waals surface area contributed by atoms with E-state index in [1.165, 1.54) is 51.4 Å². The lowest BCUT2D eigenvalue weighted by Gasteiger charge is -2.10. The van der Waals surface area contributed by atoms with E-state index in [4.69, 9.17) is 22.6 Å². The molecule has 0 radical (unpaired) electrons. The molecule has 1 atom stereocenters. The monoisotopic (exact) mass is 296 g/mol. The summed E-state index contributed by atoms with van der Waals surface area (Å²) in [7, 11) is -5.17. The van der Waals surface area contributed by atoms with Gasteiger partial charge in [0.05, 0.1) is 0 Å². The highest BCUT2D eigenvalue weighted by molar-refractivity contribution is 7.79. The predicted octanol–water partition coefficient (Wildman–Crippen LogP) is 2.81. The second-order valence-corrected chi connectivity index (χ2v) is 5.75. The lowest BCUT2D eigenvalue weighted by molar-refractivity contribution is 0.281. The fraction of sp³-hybridized carbons (Fsp3) is 1.00. The summed E-state index contributed by atoms with van der Waals surface area (Å²) in [5.74, 6) is 0.913. The molecule has 0 spiro atoms. The molecular weight excluding hydrogens is 268 g/mol. The van der Waals surface area contributed by atoms with Gasteiger partial charge in [0, 0.05) is 17.0 Å². The Morgan fingerprint density at radius 1 is 0.947 bits per heavy atom. The topological polar surface area (TPSA) is 100 Å². The third-order valence-corrected chi connectivity index (χ3v) is 2.91. The van der Waals surface area contributed by atoms with Crippen LogP contribution in [0.4, 0.5) is 0 Å². The molecule has 0 heterocycles. The zero-order valence-corrected chi connectivity index (χ0v) is 13.0. The first-order valence-electron chi connectivity index (χ1n) is 7.08. The predicted molar refractivity (Wildman–Crippen MR) is 74.0 cm³/mol. The van der Waals surface area contributed by atoms with Crippen molar-refractivity contribution in [1.82, 2.24) is 0 Å². The molecule has 0 rings (SSSR count). The number of aliphatic hydroxyl groups excluding tert-OH is 1. The van der Waals surface area contributed by atoms with Gasteiger partial charge in [-0.25, -0.2) is 0 Å². The maximum absolute atomic E-state index is 8.62. The summed E-state index contributed by atoms with van der Waals surface area (Å²) in [6.07, 6.45) is 11.8. The second kappa shape index (κ2) is 14.2. The Kier molecular flexibility index (Phi) is 15.8. The van der Waals surface area contributed by atoms with E-state index in [0.29, 0.717) is 6.61 Å². The zero-order valence-electron chi connectivity index (χ0n) is 12.1. The van der Waals surface area contributed by atoms with Crippen molar-refractivity contribution in [3.63, 3.8) is 0 Å². The zero-order chi connectivity index (χ0) is 15.1. The fourth-order valence-corrected chi connectivity index (χ4v) is 1.85. The largest absolute Gasteiger partial charge is 0.759 e. The molecular formula is C13H28O5S-2. The quantitative estimate of drug-likeness (QED) is 0.379. The maximum atomic E-state index is 8.62. The Labute approximate surface area is 118 Å². The average Bonchev–Trinajstić information content (AvgIpc) is 2.27. The van der Waals surface area contributed by atoms with Crippen molar-refractivity contribution in [2.45, 2.75) is 71.6 Å². The van der Waals surface area contributed by atoms with Gasteiger partial charge in [0.2, 0.25) is 0 Å². The minimum Gasteiger partial charge on any atom is -0.759 e.